The zero-order valence-corrected chi connectivity index (χ0v) is 10.1. The van der Waals surface area contributed by atoms with Crippen molar-refractivity contribution in [3.63, 3.8) is 0 Å². The highest BCUT2D eigenvalue weighted by molar-refractivity contribution is 4.95. The lowest BCUT2D eigenvalue weighted by atomic mass is 9.99. The summed E-state index contributed by atoms with van der Waals surface area (Å²) in [5, 5.41) is 13.8. The average Bonchev–Trinajstić information content (AvgIpc) is 2.68. The normalized spacial score (nSPS) is 35.4. The molecule has 0 saturated carbocycles. The molecule has 0 aliphatic carbocycles. The van der Waals surface area contributed by atoms with Crippen molar-refractivity contribution < 1.29 is 9.84 Å². The zero-order chi connectivity index (χ0) is 12.6. The molecule has 3 heterocycles. The van der Waals surface area contributed by atoms with Gasteiger partial charge in [0.2, 0.25) is 0 Å². The van der Waals surface area contributed by atoms with Crippen molar-refractivity contribution in [2.75, 3.05) is 6.54 Å². The van der Waals surface area contributed by atoms with E-state index in [9.17, 15) is 9.90 Å². The van der Waals surface area contributed by atoms with Gasteiger partial charge in [-0.15, -0.1) is 0 Å². The highest BCUT2D eigenvalue weighted by Crippen LogP contribution is 2.33. The summed E-state index contributed by atoms with van der Waals surface area (Å²) in [6, 6.07) is 1.57. The van der Waals surface area contributed by atoms with Crippen LogP contribution >= 0.6 is 0 Å². The first kappa shape index (κ1) is 11.8. The Balaban J connectivity index is 1.76. The molecular weight excluding hydrogens is 234 g/mol. The van der Waals surface area contributed by atoms with Crippen LogP contribution in [0.15, 0.2) is 23.4 Å². The lowest BCUT2D eigenvalue weighted by molar-refractivity contribution is -0.202. The summed E-state index contributed by atoms with van der Waals surface area (Å²) in [5.41, 5.74) is -0.176. The molecule has 2 N–H and O–H groups in total. The first-order chi connectivity index (χ1) is 8.66. The van der Waals surface area contributed by atoms with Gasteiger partial charge < -0.3 is 15.2 Å². The highest BCUT2D eigenvalue weighted by Gasteiger charge is 2.46. The van der Waals surface area contributed by atoms with Crippen molar-refractivity contribution in [3.8, 4) is 0 Å². The van der Waals surface area contributed by atoms with Crippen LogP contribution in [0, 0.1) is 0 Å². The summed E-state index contributed by atoms with van der Waals surface area (Å²) < 4.78 is 7.10. The second-order valence-corrected chi connectivity index (χ2v) is 5.06. The lowest BCUT2D eigenvalue weighted by Gasteiger charge is -2.25. The molecule has 6 heteroatoms. The van der Waals surface area contributed by atoms with E-state index in [1.807, 2.05) is 0 Å². The van der Waals surface area contributed by atoms with E-state index < -0.39 is 5.79 Å². The number of hydrogen-bond donors (Lipinski definition) is 2. The minimum atomic E-state index is -1.26. The predicted molar refractivity (Wildman–Crippen MR) is 64.0 cm³/mol. The fourth-order valence-electron chi connectivity index (χ4n) is 2.81. The van der Waals surface area contributed by atoms with Crippen molar-refractivity contribution in [1.29, 1.82) is 0 Å². The van der Waals surface area contributed by atoms with Gasteiger partial charge in [-0.05, 0) is 19.4 Å². The van der Waals surface area contributed by atoms with Crippen LogP contribution in [0.3, 0.4) is 0 Å². The van der Waals surface area contributed by atoms with Crippen LogP contribution in [0.2, 0.25) is 0 Å². The molecule has 98 valence electrons. The van der Waals surface area contributed by atoms with E-state index in [-0.39, 0.29) is 24.2 Å². The molecule has 6 nitrogen and oxygen atoms in total. The Hall–Kier alpha value is -1.24. The fraction of sp³-hybridized carbons (Fsp3) is 0.667. The Labute approximate surface area is 105 Å². The Morgan fingerprint density at radius 3 is 3.33 bits per heavy atom. The number of fused-ring (bicyclic) bond motifs is 1. The summed E-state index contributed by atoms with van der Waals surface area (Å²) in [6.07, 6.45) is 5.46. The largest absolute Gasteiger partial charge is 0.364 e. The zero-order valence-electron chi connectivity index (χ0n) is 10.1. The second-order valence-electron chi connectivity index (χ2n) is 5.06. The van der Waals surface area contributed by atoms with E-state index in [0.29, 0.717) is 6.42 Å². The number of nitrogens with one attached hydrogen (secondary N) is 1. The first-order valence-corrected chi connectivity index (χ1v) is 6.30. The molecule has 0 aromatic carbocycles. The number of ether oxygens (including phenoxy) is 1. The fourth-order valence-corrected chi connectivity index (χ4v) is 2.81. The lowest BCUT2D eigenvalue weighted by Crippen LogP contribution is -2.41. The first-order valence-electron chi connectivity index (χ1n) is 6.30. The molecule has 3 rings (SSSR count). The van der Waals surface area contributed by atoms with Crippen molar-refractivity contribution in [1.82, 2.24) is 14.9 Å². The highest BCUT2D eigenvalue weighted by atomic mass is 16.6. The summed E-state index contributed by atoms with van der Waals surface area (Å²) in [7, 11) is 0. The van der Waals surface area contributed by atoms with Crippen LogP contribution < -0.4 is 10.9 Å². The van der Waals surface area contributed by atoms with Crippen molar-refractivity contribution in [3.05, 3.63) is 28.9 Å². The number of hydrogen-bond acceptors (Lipinski definition) is 5. The third kappa shape index (κ3) is 2.19. The predicted octanol–water partition coefficient (Wildman–Crippen LogP) is -0.527. The molecule has 1 aromatic heterocycles. The smallest absolute Gasteiger partial charge is 0.253 e. The summed E-state index contributed by atoms with van der Waals surface area (Å²) in [4.78, 5) is 15.5. The van der Waals surface area contributed by atoms with E-state index in [0.717, 1.165) is 19.4 Å². The molecule has 0 amide bonds. The quantitative estimate of drug-likeness (QED) is 0.739. The van der Waals surface area contributed by atoms with Gasteiger partial charge in [0.25, 0.3) is 5.56 Å². The van der Waals surface area contributed by atoms with Crippen LogP contribution in [0.4, 0.5) is 0 Å². The molecule has 0 bridgehead atoms. The van der Waals surface area contributed by atoms with Gasteiger partial charge in [-0.3, -0.25) is 9.36 Å². The molecule has 18 heavy (non-hydrogen) atoms. The molecule has 2 aliphatic rings. The number of rotatable bonds is 2. The molecule has 3 atom stereocenters. The van der Waals surface area contributed by atoms with Crippen LogP contribution in [-0.2, 0) is 11.3 Å². The maximum Gasteiger partial charge on any atom is 0.253 e. The maximum atomic E-state index is 11.6. The van der Waals surface area contributed by atoms with E-state index in [1.54, 1.807) is 0 Å². The standard InChI is InChI=1S/C12H17N3O3/c16-11-3-5-13-8-15(11)7-12(17)6-9-10(18-12)2-1-4-14-9/h3,5,8-10,14,17H,1-2,4,6-7H2/t9?,10-,12?/m0/s1. The van der Waals surface area contributed by atoms with Crippen LogP contribution in [0.25, 0.3) is 0 Å². The molecule has 1 aromatic rings. The van der Waals surface area contributed by atoms with Gasteiger partial charge in [0.15, 0.2) is 5.79 Å². The SMILES string of the molecule is O=c1ccncn1CC1(O)CC2NCCC[C@@H]2O1. The Bertz CT molecular complexity index is 473. The van der Waals surface area contributed by atoms with Crippen LogP contribution in [0.5, 0.6) is 0 Å². The van der Waals surface area contributed by atoms with Gasteiger partial charge >= 0.3 is 0 Å². The number of aromatic nitrogens is 2. The Kier molecular flexibility index (Phi) is 2.93. The third-order valence-corrected chi connectivity index (χ3v) is 3.64. The molecule has 2 unspecified atom stereocenters. The second kappa shape index (κ2) is 4.46. The van der Waals surface area contributed by atoms with Gasteiger partial charge in [-0.2, -0.15) is 0 Å². The molecule has 2 aliphatic heterocycles. The number of nitrogens with zero attached hydrogens (tertiary/aromatic N) is 2. The summed E-state index contributed by atoms with van der Waals surface area (Å²) in [5.74, 6) is -1.26. The number of piperidine rings is 1. The van der Waals surface area contributed by atoms with Gasteiger partial charge in [0.1, 0.15) is 0 Å². The summed E-state index contributed by atoms with van der Waals surface area (Å²) in [6.45, 7) is 1.10. The topological polar surface area (TPSA) is 76.4 Å². The van der Waals surface area contributed by atoms with Crippen LogP contribution in [0.1, 0.15) is 19.3 Å². The average molecular weight is 251 g/mol. The van der Waals surface area contributed by atoms with Gasteiger partial charge in [0.05, 0.1) is 19.0 Å². The van der Waals surface area contributed by atoms with E-state index >= 15 is 0 Å². The van der Waals surface area contributed by atoms with E-state index in [1.165, 1.54) is 23.2 Å². The van der Waals surface area contributed by atoms with Crippen LogP contribution in [-0.4, -0.2) is 39.1 Å². The Morgan fingerprint density at radius 2 is 2.56 bits per heavy atom. The van der Waals surface area contributed by atoms with Crippen molar-refractivity contribution >= 4 is 0 Å². The minimum absolute atomic E-state index is 0.0520. The molecule has 2 saturated heterocycles. The molecule has 0 radical (unpaired) electrons. The monoisotopic (exact) mass is 251 g/mol. The maximum absolute atomic E-state index is 11.6. The van der Waals surface area contributed by atoms with Gasteiger partial charge in [0, 0.05) is 24.7 Å². The Morgan fingerprint density at radius 1 is 1.67 bits per heavy atom. The van der Waals surface area contributed by atoms with Gasteiger partial charge in [-0.25, -0.2) is 4.98 Å². The third-order valence-electron chi connectivity index (χ3n) is 3.64. The molecule has 0 spiro atoms. The number of aliphatic hydroxyl groups is 1. The summed E-state index contributed by atoms with van der Waals surface area (Å²) >= 11 is 0. The van der Waals surface area contributed by atoms with Crippen molar-refractivity contribution in [2.24, 2.45) is 0 Å². The minimum Gasteiger partial charge on any atom is -0.364 e. The molecule has 2 fully saturated rings. The van der Waals surface area contributed by atoms with E-state index in [4.69, 9.17) is 4.74 Å². The van der Waals surface area contributed by atoms with Crippen molar-refractivity contribution in [2.45, 2.75) is 43.7 Å². The van der Waals surface area contributed by atoms with Gasteiger partial charge in [-0.1, -0.05) is 0 Å². The molecular formula is C12H17N3O3. The van der Waals surface area contributed by atoms with E-state index in [2.05, 4.69) is 10.3 Å².